The molecule has 0 radical (unpaired) electrons. The third-order valence-corrected chi connectivity index (χ3v) is 6.56. The van der Waals surface area contributed by atoms with Crippen LogP contribution in [-0.4, -0.2) is 73.1 Å². The fraction of sp³-hybridized carbons (Fsp3) is 0.522. The van der Waals surface area contributed by atoms with Gasteiger partial charge in [0.25, 0.3) is 0 Å². The number of benzene rings is 1. The number of piperazine rings is 1. The third kappa shape index (κ3) is 3.99. The number of carbonyl (C=O) groups excluding carboxylic acids is 1. The average molecular weight is 407 g/mol. The SMILES string of the molecule is O=C(CN1CCN(c2cc(N3CCCCC3)ncn2)CC1)N1CCc2ccccc21. The lowest BCUT2D eigenvalue weighted by Crippen LogP contribution is -2.50. The summed E-state index contributed by atoms with van der Waals surface area (Å²) >= 11 is 0. The standard InChI is InChI=1S/C23H30N6O/c30-23(29-11-8-19-6-2-3-7-20(19)29)17-26-12-14-28(15-13-26)22-16-21(24-18-25-22)27-9-4-1-5-10-27/h2-3,6-7,16,18H,1,4-5,8-15,17H2. The first-order chi connectivity index (χ1) is 14.8. The first kappa shape index (κ1) is 19.3. The molecule has 2 fully saturated rings. The maximum Gasteiger partial charge on any atom is 0.241 e. The minimum atomic E-state index is 0.211. The number of hydrogen-bond donors (Lipinski definition) is 0. The Balaban J connectivity index is 1.17. The Morgan fingerprint density at radius 1 is 0.833 bits per heavy atom. The Morgan fingerprint density at radius 2 is 1.53 bits per heavy atom. The number of amides is 1. The summed E-state index contributed by atoms with van der Waals surface area (Å²) in [6.45, 7) is 7.01. The molecule has 7 nitrogen and oxygen atoms in total. The molecule has 0 spiro atoms. The molecule has 3 aliphatic rings. The van der Waals surface area contributed by atoms with Crippen molar-refractivity contribution in [3.05, 3.63) is 42.2 Å². The van der Waals surface area contributed by atoms with Crippen molar-refractivity contribution in [2.24, 2.45) is 0 Å². The van der Waals surface area contributed by atoms with Crippen LogP contribution in [0.2, 0.25) is 0 Å². The minimum absolute atomic E-state index is 0.211. The van der Waals surface area contributed by atoms with Gasteiger partial charge in [0.15, 0.2) is 0 Å². The summed E-state index contributed by atoms with van der Waals surface area (Å²) in [5.41, 5.74) is 2.37. The molecule has 1 aromatic carbocycles. The van der Waals surface area contributed by atoms with Crippen LogP contribution in [0.4, 0.5) is 17.3 Å². The molecule has 5 rings (SSSR count). The van der Waals surface area contributed by atoms with E-state index in [0.717, 1.165) is 69.6 Å². The molecule has 0 saturated carbocycles. The zero-order valence-electron chi connectivity index (χ0n) is 17.5. The zero-order valence-corrected chi connectivity index (χ0v) is 17.5. The summed E-state index contributed by atoms with van der Waals surface area (Å²) in [6, 6.07) is 10.4. The molecule has 2 aromatic rings. The van der Waals surface area contributed by atoms with Gasteiger partial charge in [-0.1, -0.05) is 18.2 Å². The molecule has 2 saturated heterocycles. The van der Waals surface area contributed by atoms with Gasteiger partial charge in [0.2, 0.25) is 5.91 Å². The molecular weight excluding hydrogens is 376 g/mol. The monoisotopic (exact) mass is 406 g/mol. The maximum atomic E-state index is 12.9. The van der Waals surface area contributed by atoms with Crippen molar-refractivity contribution in [2.45, 2.75) is 25.7 Å². The van der Waals surface area contributed by atoms with E-state index in [-0.39, 0.29) is 5.91 Å². The van der Waals surface area contributed by atoms with Gasteiger partial charge in [-0.25, -0.2) is 9.97 Å². The molecule has 7 heteroatoms. The van der Waals surface area contributed by atoms with E-state index in [1.165, 1.54) is 24.8 Å². The molecule has 158 valence electrons. The first-order valence-corrected chi connectivity index (χ1v) is 11.2. The van der Waals surface area contributed by atoms with Crippen molar-refractivity contribution in [3.8, 4) is 0 Å². The van der Waals surface area contributed by atoms with Gasteiger partial charge in [0.1, 0.15) is 18.0 Å². The molecule has 0 aliphatic carbocycles. The Bertz CT molecular complexity index is 889. The minimum Gasteiger partial charge on any atom is -0.356 e. The maximum absolute atomic E-state index is 12.9. The second-order valence-electron chi connectivity index (χ2n) is 8.47. The number of carbonyl (C=O) groups is 1. The summed E-state index contributed by atoms with van der Waals surface area (Å²) in [6.07, 6.45) is 6.46. The molecular formula is C23H30N6O. The van der Waals surface area contributed by atoms with E-state index in [0.29, 0.717) is 6.54 Å². The predicted octanol–water partition coefficient (Wildman–Crippen LogP) is 2.18. The number of anilines is 3. The van der Waals surface area contributed by atoms with Crippen LogP contribution in [-0.2, 0) is 11.2 Å². The van der Waals surface area contributed by atoms with Crippen LogP contribution in [0.15, 0.2) is 36.7 Å². The summed E-state index contributed by atoms with van der Waals surface area (Å²) < 4.78 is 0. The molecule has 0 bridgehead atoms. The van der Waals surface area contributed by atoms with Gasteiger partial charge in [-0.3, -0.25) is 9.69 Å². The van der Waals surface area contributed by atoms with E-state index < -0.39 is 0 Å². The quantitative estimate of drug-likeness (QED) is 0.776. The zero-order chi connectivity index (χ0) is 20.3. The van der Waals surface area contributed by atoms with E-state index in [1.807, 2.05) is 11.0 Å². The molecule has 3 aliphatic heterocycles. The van der Waals surface area contributed by atoms with Crippen molar-refractivity contribution in [3.63, 3.8) is 0 Å². The van der Waals surface area contributed by atoms with Crippen molar-refractivity contribution >= 4 is 23.2 Å². The van der Waals surface area contributed by atoms with Crippen molar-refractivity contribution in [1.82, 2.24) is 14.9 Å². The van der Waals surface area contributed by atoms with Gasteiger partial charge >= 0.3 is 0 Å². The number of rotatable bonds is 4. The Labute approximate surface area is 178 Å². The van der Waals surface area contributed by atoms with Gasteiger partial charge < -0.3 is 14.7 Å². The number of nitrogens with zero attached hydrogens (tertiary/aromatic N) is 6. The summed E-state index contributed by atoms with van der Waals surface area (Å²) in [4.78, 5) is 30.8. The summed E-state index contributed by atoms with van der Waals surface area (Å²) in [5.74, 6) is 2.26. The van der Waals surface area contributed by atoms with Gasteiger partial charge in [-0.05, 0) is 37.3 Å². The van der Waals surface area contributed by atoms with E-state index >= 15 is 0 Å². The number of para-hydroxylation sites is 1. The Hall–Kier alpha value is -2.67. The molecule has 0 N–H and O–H groups in total. The molecule has 1 aromatic heterocycles. The first-order valence-electron chi connectivity index (χ1n) is 11.2. The number of fused-ring (bicyclic) bond motifs is 1. The normalized spacial score (nSPS) is 19.8. The topological polar surface area (TPSA) is 55.8 Å². The lowest BCUT2D eigenvalue weighted by molar-refractivity contribution is -0.119. The highest BCUT2D eigenvalue weighted by Crippen LogP contribution is 2.27. The van der Waals surface area contributed by atoms with E-state index in [4.69, 9.17) is 0 Å². The van der Waals surface area contributed by atoms with Gasteiger partial charge in [-0.15, -0.1) is 0 Å². The van der Waals surface area contributed by atoms with Crippen molar-refractivity contribution in [2.75, 3.05) is 67.1 Å². The lowest BCUT2D eigenvalue weighted by atomic mass is 10.1. The molecule has 4 heterocycles. The predicted molar refractivity (Wildman–Crippen MR) is 119 cm³/mol. The van der Waals surface area contributed by atoms with Crippen molar-refractivity contribution in [1.29, 1.82) is 0 Å². The number of piperidine rings is 1. The van der Waals surface area contributed by atoms with Crippen LogP contribution in [0.25, 0.3) is 0 Å². The summed E-state index contributed by atoms with van der Waals surface area (Å²) in [7, 11) is 0. The highest BCUT2D eigenvalue weighted by molar-refractivity contribution is 5.96. The van der Waals surface area contributed by atoms with Crippen LogP contribution >= 0.6 is 0 Å². The molecule has 30 heavy (non-hydrogen) atoms. The van der Waals surface area contributed by atoms with Crippen LogP contribution in [0.1, 0.15) is 24.8 Å². The van der Waals surface area contributed by atoms with Crippen LogP contribution < -0.4 is 14.7 Å². The molecule has 1 amide bonds. The lowest BCUT2D eigenvalue weighted by Gasteiger charge is -2.36. The molecule has 0 unspecified atom stereocenters. The fourth-order valence-electron chi connectivity index (χ4n) is 4.82. The van der Waals surface area contributed by atoms with Gasteiger partial charge in [0.05, 0.1) is 6.54 Å². The van der Waals surface area contributed by atoms with E-state index in [1.54, 1.807) is 6.33 Å². The highest BCUT2D eigenvalue weighted by atomic mass is 16.2. The second-order valence-corrected chi connectivity index (χ2v) is 8.47. The second kappa shape index (κ2) is 8.60. The van der Waals surface area contributed by atoms with Gasteiger partial charge in [0, 0.05) is 57.6 Å². The van der Waals surface area contributed by atoms with Crippen LogP contribution in [0.3, 0.4) is 0 Å². The van der Waals surface area contributed by atoms with Crippen LogP contribution in [0.5, 0.6) is 0 Å². The highest BCUT2D eigenvalue weighted by Gasteiger charge is 2.27. The largest absolute Gasteiger partial charge is 0.356 e. The molecule has 0 atom stereocenters. The van der Waals surface area contributed by atoms with E-state index in [9.17, 15) is 4.79 Å². The van der Waals surface area contributed by atoms with E-state index in [2.05, 4.69) is 48.9 Å². The summed E-state index contributed by atoms with van der Waals surface area (Å²) in [5, 5.41) is 0. The fourth-order valence-corrected chi connectivity index (χ4v) is 4.82. The van der Waals surface area contributed by atoms with Gasteiger partial charge in [-0.2, -0.15) is 0 Å². The smallest absolute Gasteiger partial charge is 0.241 e. The Morgan fingerprint density at radius 3 is 2.30 bits per heavy atom. The van der Waals surface area contributed by atoms with Crippen molar-refractivity contribution < 1.29 is 4.79 Å². The third-order valence-electron chi connectivity index (χ3n) is 6.56. The number of aromatic nitrogens is 2. The number of hydrogen-bond acceptors (Lipinski definition) is 6. The Kier molecular flexibility index (Phi) is 5.53. The van der Waals surface area contributed by atoms with Crippen LogP contribution in [0, 0.1) is 0 Å². The average Bonchev–Trinajstić information content (AvgIpc) is 3.25.